The number of benzene rings is 1. The number of aryl methyl sites for hydroxylation is 2. The van der Waals surface area contributed by atoms with Gasteiger partial charge in [0.15, 0.2) is 0 Å². The molecule has 22 heavy (non-hydrogen) atoms. The van der Waals surface area contributed by atoms with Crippen molar-refractivity contribution in [3.8, 4) is 0 Å². The van der Waals surface area contributed by atoms with Crippen LogP contribution in [0.5, 0.6) is 0 Å². The fourth-order valence-electron chi connectivity index (χ4n) is 2.23. The molecule has 0 saturated carbocycles. The summed E-state index contributed by atoms with van der Waals surface area (Å²) in [6.45, 7) is 1.77. The van der Waals surface area contributed by atoms with E-state index in [-0.39, 0.29) is 4.91 Å². The highest BCUT2D eigenvalue weighted by molar-refractivity contribution is 8.04. The Bertz CT molecular complexity index is 879. The number of hydrogen-bond donors (Lipinski definition) is 2. The van der Waals surface area contributed by atoms with E-state index in [4.69, 9.17) is 0 Å². The summed E-state index contributed by atoms with van der Waals surface area (Å²) >= 11 is 1.03. The van der Waals surface area contributed by atoms with Crippen molar-refractivity contribution in [1.82, 2.24) is 19.7 Å². The molecule has 112 valence electrons. The summed E-state index contributed by atoms with van der Waals surface area (Å²) in [5.41, 5.74) is 1.91. The van der Waals surface area contributed by atoms with E-state index < -0.39 is 5.97 Å². The van der Waals surface area contributed by atoms with Crippen molar-refractivity contribution >= 4 is 34.7 Å². The fourth-order valence-corrected chi connectivity index (χ4v) is 2.97. The maximum Gasteiger partial charge on any atom is 0.342 e. The largest absolute Gasteiger partial charge is 0.477 e. The molecule has 0 aliphatic heterocycles. The van der Waals surface area contributed by atoms with Crippen LogP contribution < -0.4 is 0 Å². The molecule has 2 heterocycles. The monoisotopic (exact) mass is 314 g/mol. The number of nitrogens with one attached hydrogen (secondary N) is 1. The molecule has 0 fully saturated rings. The lowest BCUT2D eigenvalue weighted by Crippen LogP contribution is -1.97. The topological polar surface area (TPSA) is 83.8 Å². The van der Waals surface area contributed by atoms with E-state index in [2.05, 4.69) is 15.2 Å². The third-order valence-electron chi connectivity index (χ3n) is 3.20. The lowest BCUT2D eigenvalue weighted by atomic mass is 10.1. The van der Waals surface area contributed by atoms with Crippen molar-refractivity contribution < 1.29 is 9.90 Å². The average Bonchev–Trinajstić information content (AvgIpc) is 3.03. The maximum atomic E-state index is 11.5. The van der Waals surface area contributed by atoms with Gasteiger partial charge in [0.25, 0.3) is 0 Å². The number of carboxylic acids is 1. The van der Waals surface area contributed by atoms with E-state index in [1.165, 1.54) is 0 Å². The minimum Gasteiger partial charge on any atom is -0.477 e. The number of H-pyrrole nitrogens is 1. The fraction of sp³-hybridized carbons (Fsp3) is 0.133. The van der Waals surface area contributed by atoms with Crippen LogP contribution >= 0.6 is 11.8 Å². The first kappa shape index (κ1) is 14.4. The van der Waals surface area contributed by atoms with Gasteiger partial charge in [0.1, 0.15) is 10.7 Å². The van der Waals surface area contributed by atoms with Crippen LogP contribution in [-0.4, -0.2) is 30.8 Å². The predicted molar refractivity (Wildman–Crippen MR) is 85.5 cm³/mol. The molecular formula is C15H14N4O2S. The number of rotatable bonds is 4. The molecule has 0 atom stereocenters. The van der Waals surface area contributed by atoms with Gasteiger partial charge in [0.05, 0.1) is 0 Å². The Morgan fingerprint density at radius 1 is 1.41 bits per heavy atom. The SMILES string of the molecule is Cc1nc(S/C(=C\c2cn(C)c3ccccc23)C(=O)O)n[nH]1. The molecular weight excluding hydrogens is 300 g/mol. The third-order valence-corrected chi connectivity index (χ3v) is 4.08. The Hall–Kier alpha value is -2.54. The van der Waals surface area contributed by atoms with Crippen LogP contribution in [-0.2, 0) is 11.8 Å². The van der Waals surface area contributed by atoms with Gasteiger partial charge in [0, 0.05) is 29.7 Å². The van der Waals surface area contributed by atoms with Gasteiger partial charge in [-0.2, -0.15) is 0 Å². The molecule has 0 radical (unpaired) electrons. The Balaban J connectivity index is 2.03. The summed E-state index contributed by atoms with van der Waals surface area (Å²) in [6, 6.07) is 7.87. The van der Waals surface area contributed by atoms with Gasteiger partial charge in [0.2, 0.25) is 5.16 Å². The Kier molecular flexibility index (Phi) is 3.72. The van der Waals surface area contributed by atoms with Crippen molar-refractivity contribution in [3.63, 3.8) is 0 Å². The zero-order valence-corrected chi connectivity index (χ0v) is 12.9. The predicted octanol–water partition coefficient (Wildman–Crippen LogP) is 2.82. The Labute approximate surface area is 130 Å². The summed E-state index contributed by atoms with van der Waals surface area (Å²) in [7, 11) is 1.94. The molecule has 1 aromatic carbocycles. The average molecular weight is 314 g/mol. The van der Waals surface area contributed by atoms with Crippen LogP contribution in [0, 0.1) is 6.92 Å². The van der Waals surface area contributed by atoms with Gasteiger partial charge in [-0.15, -0.1) is 5.10 Å². The van der Waals surface area contributed by atoms with E-state index in [1.807, 2.05) is 42.1 Å². The van der Waals surface area contributed by atoms with Gasteiger partial charge in [-0.3, -0.25) is 5.10 Å². The molecule has 0 amide bonds. The molecule has 0 aliphatic carbocycles. The first-order chi connectivity index (χ1) is 10.5. The van der Waals surface area contributed by atoms with Crippen molar-refractivity contribution in [2.24, 2.45) is 7.05 Å². The molecule has 2 N–H and O–H groups in total. The lowest BCUT2D eigenvalue weighted by Gasteiger charge is -1.98. The summed E-state index contributed by atoms with van der Waals surface area (Å²) < 4.78 is 1.97. The number of hydrogen-bond acceptors (Lipinski definition) is 4. The smallest absolute Gasteiger partial charge is 0.342 e. The van der Waals surface area contributed by atoms with Crippen molar-refractivity contribution in [1.29, 1.82) is 0 Å². The standard InChI is InChI=1S/C15H14N4O2S/c1-9-16-15(18-17-9)22-13(14(20)21)7-10-8-19(2)12-6-4-3-5-11(10)12/h3-8H,1-2H3,(H,20,21)(H,16,17,18)/b13-7-. The second-order valence-electron chi connectivity index (χ2n) is 4.83. The molecule has 6 nitrogen and oxygen atoms in total. The van der Waals surface area contributed by atoms with Crippen molar-refractivity contribution in [2.75, 3.05) is 0 Å². The third kappa shape index (κ3) is 2.75. The second kappa shape index (κ2) is 5.69. The Morgan fingerprint density at radius 2 is 2.18 bits per heavy atom. The number of carbonyl (C=O) groups is 1. The van der Waals surface area contributed by atoms with Crippen LogP contribution in [0.3, 0.4) is 0 Å². The number of carboxylic acid groups (broad SMARTS) is 1. The first-order valence-corrected chi connectivity index (χ1v) is 7.42. The van der Waals surface area contributed by atoms with Crippen LogP contribution in [0.1, 0.15) is 11.4 Å². The zero-order valence-electron chi connectivity index (χ0n) is 12.1. The van der Waals surface area contributed by atoms with Gasteiger partial charge in [-0.25, -0.2) is 9.78 Å². The van der Waals surface area contributed by atoms with E-state index in [0.717, 1.165) is 28.2 Å². The number of para-hydroxylation sites is 1. The highest BCUT2D eigenvalue weighted by atomic mass is 32.2. The molecule has 0 aliphatic rings. The summed E-state index contributed by atoms with van der Waals surface area (Å²) in [5.74, 6) is -0.349. The number of fused-ring (bicyclic) bond motifs is 1. The molecule has 3 rings (SSSR count). The summed E-state index contributed by atoms with van der Waals surface area (Å²) in [5, 5.41) is 17.5. The maximum absolute atomic E-state index is 11.5. The minimum atomic E-state index is -1.000. The van der Waals surface area contributed by atoms with E-state index in [0.29, 0.717) is 11.0 Å². The molecule has 0 spiro atoms. The molecule has 7 heteroatoms. The first-order valence-electron chi connectivity index (χ1n) is 6.60. The van der Waals surface area contributed by atoms with Gasteiger partial charge < -0.3 is 9.67 Å². The van der Waals surface area contributed by atoms with E-state index in [9.17, 15) is 9.90 Å². The number of aliphatic carboxylic acids is 1. The Morgan fingerprint density at radius 3 is 2.86 bits per heavy atom. The molecule has 2 aromatic heterocycles. The van der Waals surface area contributed by atoms with Gasteiger partial charge in [-0.05, 0) is 30.8 Å². The quantitative estimate of drug-likeness (QED) is 0.571. The highest BCUT2D eigenvalue weighted by Crippen LogP contribution is 2.29. The van der Waals surface area contributed by atoms with Crippen LogP contribution in [0.2, 0.25) is 0 Å². The number of thioether (sulfide) groups is 1. The lowest BCUT2D eigenvalue weighted by molar-refractivity contribution is -0.131. The normalized spacial score (nSPS) is 12.0. The number of aromatic amines is 1. The molecule has 0 unspecified atom stereocenters. The van der Waals surface area contributed by atoms with Crippen LogP contribution in [0.25, 0.3) is 17.0 Å². The molecule has 0 saturated heterocycles. The second-order valence-corrected chi connectivity index (χ2v) is 5.84. The molecule has 0 bridgehead atoms. The number of nitrogens with zero attached hydrogens (tertiary/aromatic N) is 3. The highest BCUT2D eigenvalue weighted by Gasteiger charge is 2.14. The summed E-state index contributed by atoms with van der Waals surface area (Å²) in [4.78, 5) is 15.8. The van der Waals surface area contributed by atoms with Gasteiger partial charge in [-0.1, -0.05) is 18.2 Å². The molecule has 3 aromatic rings. The van der Waals surface area contributed by atoms with Gasteiger partial charge >= 0.3 is 5.97 Å². The van der Waals surface area contributed by atoms with Crippen LogP contribution in [0.15, 0.2) is 40.5 Å². The summed E-state index contributed by atoms with van der Waals surface area (Å²) in [6.07, 6.45) is 3.57. The number of aromatic nitrogens is 4. The zero-order chi connectivity index (χ0) is 15.7. The minimum absolute atomic E-state index is 0.176. The van der Waals surface area contributed by atoms with Crippen molar-refractivity contribution in [2.45, 2.75) is 12.1 Å². The van der Waals surface area contributed by atoms with Crippen LogP contribution in [0.4, 0.5) is 0 Å². The van der Waals surface area contributed by atoms with E-state index >= 15 is 0 Å². The van der Waals surface area contributed by atoms with Crippen molar-refractivity contribution in [3.05, 3.63) is 46.8 Å². The van der Waals surface area contributed by atoms with E-state index in [1.54, 1.807) is 13.0 Å².